The van der Waals surface area contributed by atoms with Gasteiger partial charge in [0.05, 0.1) is 11.1 Å². The van der Waals surface area contributed by atoms with Crippen molar-refractivity contribution in [1.29, 1.82) is 0 Å². The van der Waals surface area contributed by atoms with Crippen LogP contribution in [0, 0.1) is 0 Å². The van der Waals surface area contributed by atoms with Crippen LogP contribution >= 0.6 is 19.2 Å². The van der Waals surface area contributed by atoms with Crippen molar-refractivity contribution in [2.24, 2.45) is 0 Å². The molecule has 1 aromatic rings. The molecule has 0 aliphatic heterocycles. The molecule has 90 valence electrons. The maximum Gasteiger partial charge on any atom is 0.332 e. The van der Waals surface area contributed by atoms with Gasteiger partial charge in [0.1, 0.15) is 0 Å². The molecule has 0 saturated carbocycles. The van der Waals surface area contributed by atoms with Crippen LogP contribution in [0.4, 0.5) is 3.89 Å². The topological polar surface area (TPSA) is 91.7 Å². The Morgan fingerprint density at radius 2 is 1.94 bits per heavy atom. The van der Waals surface area contributed by atoms with Crippen LogP contribution in [0.1, 0.15) is 5.56 Å². The number of benzene rings is 1. The van der Waals surface area contributed by atoms with E-state index in [-0.39, 0.29) is 10.6 Å². The van der Waals surface area contributed by atoms with E-state index in [1.54, 1.807) is 0 Å². The molecule has 0 aliphatic carbocycles. The highest BCUT2D eigenvalue weighted by molar-refractivity contribution is 7.86. The fourth-order valence-electron chi connectivity index (χ4n) is 1.03. The van der Waals surface area contributed by atoms with Crippen molar-refractivity contribution in [3.63, 3.8) is 0 Å². The minimum Gasteiger partial charge on any atom is -0.324 e. The molecule has 2 N–H and O–H groups in total. The molecule has 1 rings (SSSR count). The van der Waals surface area contributed by atoms with Gasteiger partial charge in [-0.15, -0.1) is 3.89 Å². The third-order valence-corrected chi connectivity index (χ3v) is 3.60. The van der Waals surface area contributed by atoms with Crippen molar-refractivity contribution in [3.8, 4) is 0 Å². The van der Waals surface area contributed by atoms with Gasteiger partial charge in [-0.05, 0) is 17.7 Å². The quantitative estimate of drug-likeness (QED) is 0.652. The molecule has 0 bridgehead atoms. The first kappa shape index (κ1) is 13.6. The van der Waals surface area contributed by atoms with Crippen molar-refractivity contribution in [2.45, 2.75) is 11.1 Å². The molecule has 16 heavy (non-hydrogen) atoms. The Hall–Kier alpha value is -0.460. The second-order valence-electron chi connectivity index (χ2n) is 3.01. The number of hydrogen-bond donors (Lipinski definition) is 2. The first-order valence-electron chi connectivity index (χ1n) is 3.87. The molecule has 0 heterocycles. The zero-order chi connectivity index (χ0) is 12.6. The third-order valence-electron chi connectivity index (χ3n) is 1.68. The molecule has 0 fully saturated rings. The number of hydrogen-bond acceptors (Lipinski definition) is 3. The van der Waals surface area contributed by atoms with Gasteiger partial charge in [-0.3, -0.25) is 4.57 Å². The first-order chi connectivity index (χ1) is 7.09. The molecular formula is C7H7ClFO5PS. The van der Waals surface area contributed by atoms with E-state index in [0.29, 0.717) is 0 Å². The second-order valence-corrected chi connectivity index (χ2v) is 6.41. The molecule has 9 heteroatoms. The maximum atomic E-state index is 12.5. The van der Waals surface area contributed by atoms with E-state index in [0.717, 1.165) is 18.2 Å². The Morgan fingerprint density at radius 3 is 2.31 bits per heavy atom. The van der Waals surface area contributed by atoms with Gasteiger partial charge in [-0.1, -0.05) is 17.7 Å². The Morgan fingerprint density at radius 1 is 1.38 bits per heavy atom. The summed E-state index contributed by atoms with van der Waals surface area (Å²) in [4.78, 5) is 16.7. The van der Waals surface area contributed by atoms with Crippen LogP contribution in [0.25, 0.3) is 0 Å². The standard InChI is InChI=1S/C7H7ClFO5PS/c8-7-3-6(16(9,13)14)2-1-5(7)4-15(10,11)12/h1-3H,4H2,(H2,10,11,12). The molecule has 5 nitrogen and oxygen atoms in total. The lowest BCUT2D eigenvalue weighted by molar-refractivity contribution is 0.371. The van der Waals surface area contributed by atoms with Gasteiger partial charge in [0, 0.05) is 5.02 Å². The third kappa shape index (κ3) is 3.84. The lowest BCUT2D eigenvalue weighted by Crippen LogP contribution is -1.94. The van der Waals surface area contributed by atoms with Gasteiger partial charge in [0.15, 0.2) is 0 Å². The second kappa shape index (κ2) is 4.43. The van der Waals surface area contributed by atoms with Crippen molar-refractivity contribution in [1.82, 2.24) is 0 Å². The van der Waals surface area contributed by atoms with E-state index in [1.165, 1.54) is 0 Å². The Bertz CT molecular complexity index is 552. The zero-order valence-corrected chi connectivity index (χ0v) is 10.1. The molecule has 0 unspecified atom stereocenters. The normalized spacial score (nSPS) is 12.8. The van der Waals surface area contributed by atoms with Crippen molar-refractivity contribution < 1.29 is 26.7 Å². The largest absolute Gasteiger partial charge is 0.332 e. The highest BCUT2D eigenvalue weighted by Gasteiger charge is 2.19. The molecule has 0 spiro atoms. The first-order valence-corrected chi connectivity index (χ1v) is 7.43. The summed E-state index contributed by atoms with van der Waals surface area (Å²) in [6, 6.07) is 2.77. The molecule has 0 saturated heterocycles. The summed E-state index contributed by atoms with van der Waals surface area (Å²) < 4.78 is 44.2. The Balaban J connectivity index is 3.16. The van der Waals surface area contributed by atoms with Crippen molar-refractivity contribution in [2.75, 3.05) is 0 Å². The number of halogens is 2. The van der Waals surface area contributed by atoms with Gasteiger partial charge < -0.3 is 9.79 Å². The molecule has 1 aromatic carbocycles. The van der Waals surface area contributed by atoms with Crippen LogP contribution in [-0.4, -0.2) is 18.2 Å². The van der Waals surface area contributed by atoms with Crippen LogP contribution < -0.4 is 0 Å². The molecular weight excluding hydrogens is 282 g/mol. The summed E-state index contributed by atoms with van der Waals surface area (Å²) in [7, 11) is -9.16. The predicted octanol–water partition coefficient (Wildman–Crippen LogP) is 1.68. The van der Waals surface area contributed by atoms with Gasteiger partial charge in [-0.25, -0.2) is 0 Å². The SMILES string of the molecule is O=P(O)(O)Cc1ccc(S(=O)(=O)F)cc1Cl. The lowest BCUT2D eigenvalue weighted by atomic mass is 10.2. The van der Waals surface area contributed by atoms with Crippen LogP contribution in [0.15, 0.2) is 23.1 Å². The average Bonchev–Trinajstić information content (AvgIpc) is 2.04. The minimum atomic E-state index is -4.86. The fraction of sp³-hybridized carbons (Fsp3) is 0.143. The summed E-state index contributed by atoms with van der Waals surface area (Å²) >= 11 is 5.57. The Kier molecular flexibility index (Phi) is 3.76. The van der Waals surface area contributed by atoms with E-state index in [9.17, 15) is 16.9 Å². The van der Waals surface area contributed by atoms with Crippen LogP contribution in [0.3, 0.4) is 0 Å². The summed E-state index contributed by atoms with van der Waals surface area (Å²) in [6.45, 7) is 0. The van der Waals surface area contributed by atoms with Gasteiger partial charge in [0.2, 0.25) is 0 Å². The van der Waals surface area contributed by atoms with Crippen molar-refractivity contribution in [3.05, 3.63) is 28.8 Å². The average molecular weight is 289 g/mol. The van der Waals surface area contributed by atoms with Gasteiger partial charge in [-0.2, -0.15) is 8.42 Å². The van der Waals surface area contributed by atoms with E-state index in [2.05, 4.69) is 0 Å². The fourth-order valence-corrected chi connectivity index (χ4v) is 2.64. The summed E-state index contributed by atoms with van der Waals surface area (Å²) in [6.07, 6.45) is -0.627. The monoisotopic (exact) mass is 288 g/mol. The summed E-state index contributed by atoms with van der Waals surface area (Å²) in [5, 5.41) is -0.206. The summed E-state index contributed by atoms with van der Waals surface area (Å²) in [5.74, 6) is 0. The van der Waals surface area contributed by atoms with Crippen molar-refractivity contribution >= 4 is 29.4 Å². The minimum absolute atomic E-state index is 0.0578. The van der Waals surface area contributed by atoms with E-state index >= 15 is 0 Å². The maximum absolute atomic E-state index is 12.5. The van der Waals surface area contributed by atoms with Gasteiger partial charge in [0.25, 0.3) is 0 Å². The van der Waals surface area contributed by atoms with Crippen LogP contribution in [-0.2, 0) is 21.0 Å². The number of rotatable bonds is 3. The van der Waals surface area contributed by atoms with E-state index in [4.69, 9.17) is 21.4 Å². The molecule has 0 atom stereocenters. The smallest absolute Gasteiger partial charge is 0.324 e. The van der Waals surface area contributed by atoms with E-state index < -0.39 is 28.9 Å². The molecule has 0 aliphatic rings. The Labute approximate surface area is 96.2 Å². The van der Waals surface area contributed by atoms with E-state index in [1.807, 2.05) is 0 Å². The molecule has 0 aromatic heterocycles. The van der Waals surface area contributed by atoms with Gasteiger partial charge >= 0.3 is 17.8 Å². The molecule has 0 amide bonds. The van der Waals surface area contributed by atoms with Crippen LogP contribution in [0.2, 0.25) is 5.02 Å². The van der Waals surface area contributed by atoms with Crippen LogP contribution in [0.5, 0.6) is 0 Å². The summed E-state index contributed by atoms with van der Waals surface area (Å²) in [5.41, 5.74) is 0.0578. The highest BCUT2D eigenvalue weighted by Crippen LogP contribution is 2.41. The molecule has 0 radical (unpaired) electrons. The zero-order valence-electron chi connectivity index (χ0n) is 7.67. The predicted molar refractivity (Wildman–Crippen MR) is 55.5 cm³/mol. The lowest BCUT2D eigenvalue weighted by Gasteiger charge is -2.06. The highest BCUT2D eigenvalue weighted by atomic mass is 35.5.